The maximum atomic E-state index is 12.9. The first-order valence-corrected chi connectivity index (χ1v) is 5.54. The molecule has 1 heterocycles. The first-order chi connectivity index (χ1) is 8.34. The van der Waals surface area contributed by atoms with Crippen LogP contribution in [0, 0.1) is 5.82 Å². The van der Waals surface area contributed by atoms with E-state index in [9.17, 15) is 4.39 Å². The van der Waals surface area contributed by atoms with Crippen LogP contribution < -0.4 is 0 Å². The zero-order chi connectivity index (χ0) is 11.7. The average molecular weight is 226 g/mol. The number of benzene rings is 2. The lowest BCUT2D eigenvalue weighted by atomic mass is 9.94. The van der Waals surface area contributed by atoms with Crippen LogP contribution in [0.25, 0.3) is 0 Å². The minimum Gasteiger partial charge on any atom is -0.207 e. The van der Waals surface area contributed by atoms with E-state index in [0.29, 0.717) is 6.54 Å². The Hall–Kier alpha value is -2.03. The van der Waals surface area contributed by atoms with Gasteiger partial charge in [-0.05, 0) is 28.8 Å². The average Bonchev–Trinajstić information content (AvgIpc) is 2.39. The number of hydrogen-bond donors (Lipinski definition) is 0. The third-order valence-electron chi connectivity index (χ3n) is 2.97. The summed E-state index contributed by atoms with van der Waals surface area (Å²) in [5.41, 5.74) is 3.33. The predicted octanol–water partition coefficient (Wildman–Crippen LogP) is 3.88. The van der Waals surface area contributed by atoms with Gasteiger partial charge in [-0.2, -0.15) is 10.2 Å². The Bertz CT molecular complexity index is 561. The van der Waals surface area contributed by atoms with Crippen LogP contribution in [0.3, 0.4) is 0 Å². The Labute approximate surface area is 98.8 Å². The van der Waals surface area contributed by atoms with E-state index in [1.807, 2.05) is 12.1 Å². The van der Waals surface area contributed by atoms with Crippen molar-refractivity contribution in [2.24, 2.45) is 10.2 Å². The summed E-state index contributed by atoms with van der Waals surface area (Å²) in [4.78, 5) is 0. The van der Waals surface area contributed by atoms with E-state index in [1.165, 1.54) is 17.7 Å². The fourth-order valence-electron chi connectivity index (χ4n) is 2.10. The molecule has 1 unspecified atom stereocenters. The first kappa shape index (κ1) is 10.1. The van der Waals surface area contributed by atoms with E-state index >= 15 is 0 Å². The molecule has 0 aliphatic carbocycles. The van der Waals surface area contributed by atoms with Crippen molar-refractivity contribution >= 4 is 0 Å². The molecule has 3 heteroatoms. The molecule has 1 aliphatic rings. The van der Waals surface area contributed by atoms with E-state index in [1.54, 1.807) is 12.1 Å². The Balaban J connectivity index is 2.06. The van der Waals surface area contributed by atoms with Gasteiger partial charge >= 0.3 is 0 Å². The van der Waals surface area contributed by atoms with Crippen LogP contribution in [0.4, 0.5) is 4.39 Å². The van der Waals surface area contributed by atoms with E-state index in [2.05, 4.69) is 22.4 Å². The summed E-state index contributed by atoms with van der Waals surface area (Å²) >= 11 is 0. The van der Waals surface area contributed by atoms with Gasteiger partial charge in [0.25, 0.3) is 0 Å². The topological polar surface area (TPSA) is 24.7 Å². The van der Waals surface area contributed by atoms with Crippen molar-refractivity contribution in [3.05, 3.63) is 71.0 Å². The van der Waals surface area contributed by atoms with Gasteiger partial charge in [0.05, 0.1) is 6.54 Å². The molecule has 0 spiro atoms. The van der Waals surface area contributed by atoms with Crippen molar-refractivity contribution in [2.75, 3.05) is 0 Å². The Morgan fingerprint density at radius 1 is 1.00 bits per heavy atom. The summed E-state index contributed by atoms with van der Waals surface area (Å²) in [5.74, 6) is -0.227. The zero-order valence-corrected chi connectivity index (χ0v) is 9.18. The van der Waals surface area contributed by atoms with Gasteiger partial charge in [-0.25, -0.2) is 4.39 Å². The predicted molar refractivity (Wildman–Crippen MR) is 63.2 cm³/mol. The van der Waals surface area contributed by atoms with E-state index in [0.717, 1.165) is 11.1 Å². The second-order valence-corrected chi connectivity index (χ2v) is 4.07. The lowest BCUT2D eigenvalue weighted by Crippen LogP contribution is -2.05. The highest BCUT2D eigenvalue weighted by molar-refractivity contribution is 5.38. The van der Waals surface area contributed by atoms with Crippen LogP contribution in [0.2, 0.25) is 0 Å². The summed E-state index contributed by atoms with van der Waals surface area (Å²) < 4.78 is 12.9. The van der Waals surface area contributed by atoms with Gasteiger partial charge in [0, 0.05) is 0 Å². The fourth-order valence-corrected chi connectivity index (χ4v) is 2.10. The molecular formula is C14H11FN2. The zero-order valence-electron chi connectivity index (χ0n) is 9.18. The third kappa shape index (κ3) is 1.84. The smallest absolute Gasteiger partial charge is 0.123 e. The molecule has 0 saturated heterocycles. The molecule has 0 radical (unpaired) electrons. The van der Waals surface area contributed by atoms with E-state index in [-0.39, 0.29) is 11.9 Å². The molecule has 1 aliphatic heterocycles. The van der Waals surface area contributed by atoms with Gasteiger partial charge in [0.15, 0.2) is 0 Å². The van der Waals surface area contributed by atoms with Crippen molar-refractivity contribution < 1.29 is 4.39 Å². The lowest BCUT2D eigenvalue weighted by Gasteiger charge is -2.19. The quantitative estimate of drug-likeness (QED) is 0.705. The minimum atomic E-state index is -0.227. The number of azo groups is 1. The van der Waals surface area contributed by atoms with Gasteiger partial charge in [0.2, 0.25) is 0 Å². The van der Waals surface area contributed by atoms with Gasteiger partial charge in [-0.15, -0.1) is 0 Å². The summed E-state index contributed by atoms with van der Waals surface area (Å²) in [7, 11) is 0. The number of rotatable bonds is 1. The monoisotopic (exact) mass is 226 g/mol. The van der Waals surface area contributed by atoms with Crippen LogP contribution in [0.5, 0.6) is 0 Å². The van der Waals surface area contributed by atoms with E-state index in [4.69, 9.17) is 0 Å². The SMILES string of the molecule is Fc1ccc(C2N=NCc3ccccc32)cc1. The molecule has 0 saturated carbocycles. The van der Waals surface area contributed by atoms with Gasteiger partial charge in [-0.1, -0.05) is 36.4 Å². The molecule has 2 nitrogen and oxygen atoms in total. The van der Waals surface area contributed by atoms with Crippen LogP contribution in [0.1, 0.15) is 22.7 Å². The highest BCUT2D eigenvalue weighted by atomic mass is 19.1. The third-order valence-corrected chi connectivity index (χ3v) is 2.97. The van der Waals surface area contributed by atoms with Crippen molar-refractivity contribution in [3.63, 3.8) is 0 Å². The molecule has 0 bridgehead atoms. The summed E-state index contributed by atoms with van der Waals surface area (Å²) in [6.45, 7) is 0.633. The van der Waals surface area contributed by atoms with Crippen LogP contribution >= 0.6 is 0 Å². The maximum absolute atomic E-state index is 12.9. The molecule has 0 aromatic heterocycles. The van der Waals surface area contributed by atoms with Crippen molar-refractivity contribution in [3.8, 4) is 0 Å². The molecule has 1 atom stereocenters. The molecular weight excluding hydrogens is 215 g/mol. The molecule has 0 N–H and O–H groups in total. The molecule has 3 rings (SSSR count). The van der Waals surface area contributed by atoms with Crippen LogP contribution in [-0.4, -0.2) is 0 Å². The Morgan fingerprint density at radius 3 is 2.59 bits per heavy atom. The van der Waals surface area contributed by atoms with Crippen molar-refractivity contribution in [1.82, 2.24) is 0 Å². The molecule has 84 valence electrons. The summed E-state index contributed by atoms with van der Waals surface area (Å²) in [6.07, 6.45) is 0. The number of nitrogens with zero attached hydrogens (tertiary/aromatic N) is 2. The number of fused-ring (bicyclic) bond motifs is 1. The second kappa shape index (κ2) is 4.09. The number of halogens is 1. The van der Waals surface area contributed by atoms with Crippen LogP contribution in [-0.2, 0) is 6.54 Å². The molecule has 2 aromatic carbocycles. The Kier molecular flexibility index (Phi) is 2.44. The van der Waals surface area contributed by atoms with Crippen molar-refractivity contribution in [2.45, 2.75) is 12.6 Å². The molecule has 2 aromatic rings. The molecule has 17 heavy (non-hydrogen) atoms. The van der Waals surface area contributed by atoms with E-state index < -0.39 is 0 Å². The Morgan fingerprint density at radius 2 is 1.76 bits per heavy atom. The highest BCUT2D eigenvalue weighted by Crippen LogP contribution is 2.32. The van der Waals surface area contributed by atoms with Crippen LogP contribution in [0.15, 0.2) is 58.8 Å². The van der Waals surface area contributed by atoms with Gasteiger partial charge < -0.3 is 0 Å². The largest absolute Gasteiger partial charge is 0.207 e. The number of hydrogen-bond acceptors (Lipinski definition) is 2. The highest BCUT2D eigenvalue weighted by Gasteiger charge is 2.19. The maximum Gasteiger partial charge on any atom is 0.123 e. The second-order valence-electron chi connectivity index (χ2n) is 4.07. The fraction of sp³-hybridized carbons (Fsp3) is 0.143. The normalized spacial score (nSPS) is 17.8. The molecule has 0 fully saturated rings. The minimum absolute atomic E-state index is 0.0967. The molecule has 0 amide bonds. The van der Waals surface area contributed by atoms with Crippen molar-refractivity contribution in [1.29, 1.82) is 0 Å². The van der Waals surface area contributed by atoms with Gasteiger partial charge in [-0.3, -0.25) is 0 Å². The standard InChI is InChI=1S/C14H11FN2/c15-12-7-5-10(6-8-12)14-13-4-2-1-3-11(13)9-16-17-14/h1-8,14H,9H2. The summed E-state index contributed by atoms with van der Waals surface area (Å²) in [6, 6.07) is 14.5. The lowest BCUT2D eigenvalue weighted by molar-refractivity contribution is 0.625. The summed E-state index contributed by atoms with van der Waals surface area (Å²) in [5, 5.41) is 8.40. The van der Waals surface area contributed by atoms with Gasteiger partial charge in [0.1, 0.15) is 11.9 Å². The first-order valence-electron chi connectivity index (χ1n) is 5.54.